The van der Waals surface area contributed by atoms with Crippen LogP contribution in [-0.4, -0.2) is 19.0 Å². The van der Waals surface area contributed by atoms with Crippen LogP contribution in [0.4, 0.5) is 0 Å². The predicted molar refractivity (Wildman–Crippen MR) is 100 cm³/mol. The van der Waals surface area contributed by atoms with Crippen LogP contribution in [0.3, 0.4) is 0 Å². The molecule has 2 aromatic rings. The monoisotopic (exact) mass is 358 g/mol. The number of fused-ring (bicyclic) bond motifs is 2. The Hall–Kier alpha value is -3.39. The number of carbonyl (C=O) groups excluding carboxylic acids is 1. The highest BCUT2D eigenvalue weighted by Crippen LogP contribution is 2.47. The molecule has 0 radical (unpaired) electrons. The van der Waals surface area contributed by atoms with E-state index < -0.39 is 11.9 Å². The normalized spacial score (nSPS) is 20.8. The molecule has 0 bridgehead atoms. The van der Waals surface area contributed by atoms with E-state index in [0.717, 1.165) is 29.5 Å². The number of esters is 1. The Kier molecular flexibility index (Phi) is 4.25. The maximum absolute atomic E-state index is 11.9. The lowest BCUT2D eigenvalue weighted by molar-refractivity contribution is 0.0600. The van der Waals surface area contributed by atoms with Crippen molar-refractivity contribution in [2.75, 3.05) is 7.11 Å². The predicted octanol–water partition coefficient (Wildman–Crippen LogP) is 4.06. The second-order valence-electron chi connectivity index (χ2n) is 6.68. The van der Waals surface area contributed by atoms with Gasteiger partial charge in [-0.25, -0.2) is 4.79 Å². The highest BCUT2D eigenvalue weighted by molar-refractivity contribution is 5.92. The fourth-order valence-electron chi connectivity index (χ4n) is 3.96. The van der Waals surface area contributed by atoms with Gasteiger partial charge in [-0.05, 0) is 41.7 Å². The summed E-state index contributed by atoms with van der Waals surface area (Å²) >= 11 is 0. The van der Waals surface area contributed by atoms with Gasteiger partial charge in [-0.15, -0.1) is 0 Å². The van der Waals surface area contributed by atoms with Crippen molar-refractivity contribution in [1.82, 2.24) is 0 Å². The summed E-state index contributed by atoms with van der Waals surface area (Å²) in [7, 11) is 1.34. The molecule has 0 saturated heterocycles. The van der Waals surface area contributed by atoms with Gasteiger partial charge in [0.15, 0.2) is 0 Å². The molecule has 2 aromatic carbocycles. The molecular formula is C22H18N2O3. The van der Waals surface area contributed by atoms with Crippen molar-refractivity contribution in [3.8, 4) is 6.07 Å². The number of methoxy groups -OCH3 is 1. The fourth-order valence-corrected chi connectivity index (χ4v) is 3.96. The molecule has 1 aliphatic carbocycles. The molecule has 5 nitrogen and oxygen atoms in total. The summed E-state index contributed by atoms with van der Waals surface area (Å²) in [4.78, 5) is 11.9. The molecule has 1 heterocycles. The van der Waals surface area contributed by atoms with Gasteiger partial charge in [-0.3, -0.25) is 5.41 Å². The molecule has 5 heteroatoms. The van der Waals surface area contributed by atoms with Gasteiger partial charge >= 0.3 is 5.97 Å². The van der Waals surface area contributed by atoms with Crippen LogP contribution in [0.2, 0.25) is 0 Å². The molecule has 0 fully saturated rings. The Morgan fingerprint density at radius 2 is 2.04 bits per heavy atom. The van der Waals surface area contributed by atoms with Gasteiger partial charge in [0.1, 0.15) is 11.7 Å². The molecule has 1 aliphatic heterocycles. The summed E-state index contributed by atoms with van der Waals surface area (Å²) in [5.41, 5.74) is 4.43. The van der Waals surface area contributed by atoms with E-state index in [1.165, 1.54) is 12.7 Å². The molecule has 27 heavy (non-hydrogen) atoms. The third-order valence-corrected chi connectivity index (χ3v) is 5.23. The minimum atomic E-state index is -0.720. The third-order valence-electron chi connectivity index (χ3n) is 5.23. The zero-order chi connectivity index (χ0) is 19.0. The van der Waals surface area contributed by atoms with Crippen LogP contribution >= 0.6 is 0 Å². The number of aryl methyl sites for hydroxylation is 1. The first-order chi connectivity index (χ1) is 13.1. The molecule has 0 spiro atoms. The van der Waals surface area contributed by atoms with Crippen LogP contribution in [-0.2, 0) is 15.9 Å². The summed E-state index contributed by atoms with van der Waals surface area (Å²) in [6.07, 6.45) is 1.61. The Bertz CT molecular complexity index is 1020. The summed E-state index contributed by atoms with van der Waals surface area (Å²) in [5, 5.41) is 18.0. The number of ether oxygens (including phenoxy) is 2. The fraction of sp³-hybridized carbons (Fsp3) is 0.227. The van der Waals surface area contributed by atoms with Crippen LogP contribution in [0.25, 0.3) is 5.76 Å². The van der Waals surface area contributed by atoms with E-state index in [9.17, 15) is 10.1 Å². The van der Waals surface area contributed by atoms with E-state index in [0.29, 0.717) is 11.3 Å². The lowest BCUT2D eigenvalue weighted by atomic mass is 9.73. The van der Waals surface area contributed by atoms with E-state index in [2.05, 4.69) is 12.1 Å². The van der Waals surface area contributed by atoms with Crippen LogP contribution in [0.5, 0.6) is 0 Å². The number of benzene rings is 2. The van der Waals surface area contributed by atoms with Gasteiger partial charge in [-0.2, -0.15) is 5.26 Å². The highest BCUT2D eigenvalue weighted by atomic mass is 16.5. The molecule has 1 N–H and O–H groups in total. The number of carbonyl (C=O) groups is 1. The van der Waals surface area contributed by atoms with Crippen molar-refractivity contribution in [1.29, 1.82) is 10.7 Å². The first kappa shape index (κ1) is 17.0. The minimum absolute atomic E-state index is 0.0542. The van der Waals surface area contributed by atoms with E-state index >= 15 is 0 Å². The number of nitrogens with zero attached hydrogens (tertiary/aromatic N) is 1. The minimum Gasteiger partial charge on any atom is -0.465 e. The molecule has 4 rings (SSSR count). The van der Waals surface area contributed by atoms with Gasteiger partial charge in [-0.1, -0.05) is 36.4 Å². The van der Waals surface area contributed by atoms with Crippen molar-refractivity contribution in [2.45, 2.75) is 18.8 Å². The van der Waals surface area contributed by atoms with E-state index in [1.54, 1.807) is 18.2 Å². The Labute approximate surface area is 157 Å². The topological polar surface area (TPSA) is 83.2 Å². The average Bonchev–Trinajstić information content (AvgIpc) is 2.72. The number of hydrogen-bond acceptors (Lipinski definition) is 5. The zero-order valence-corrected chi connectivity index (χ0v) is 14.9. The Morgan fingerprint density at radius 3 is 2.81 bits per heavy atom. The molecule has 0 aromatic heterocycles. The Morgan fingerprint density at radius 1 is 1.22 bits per heavy atom. The summed E-state index contributed by atoms with van der Waals surface area (Å²) in [6.45, 7) is 0. The van der Waals surface area contributed by atoms with Crippen LogP contribution < -0.4 is 0 Å². The van der Waals surface area contributed by atoms with E-state index in [1.807, 2.05) is 24.3 Å². The molecule has 2 atom stereocenters. The second-order valence-corrected chi connectivity index (χ2v) is 6.68. The van der Waals surface area contributed by atoms with Crippen molar-refractivity contribution >= 4 is 17.6 Å². The summed E-state index contributed by atoms with van der Waals surface area (Å²) < 4.78 is 10.6. The lowest BCUT2D eigenvalue weighted by Gasteiger charge is -2.36. The number of nitrogens with one attached hydrogen (secondary N) is 1. The van der Waals surface area contributed by atoms with Gasteiger partial charge < -0.3 is 9.47 Å². The highest BCUT2D eigenvalue weighted by Gasteiger charge is 2.40. The van der Waals surface area contributed by atoms with Crippen molar-refractivity contribution < 1.29 is 14.3 Å². The maximum Gasteiger partial charge on any atom is 0.337 e. The number of hydrogen-bond donors (Lipinski definition) is 1. The van der Waals surface area contributed by atoms with Crippen molar-refractivity contribution in [2.24, 2.45) is 5.92 Å². The van der Waals surface area contributed by atoms with Crippen LogP contribution in [0.1, 0.15) is 39.4 Å². The number of nitriles is 1. The summed E-state index contributed by atoms with van der Waals surface area (Å²) in [6, 6.07) is 17.3. The van der Waals surface area contributed by atoms with Gasteiger partial charge in [0.05, 0.1) is 18.7 Å². The van der Waals surface area contributed by atoms with Crippen molar-refractivity contribution in [3.05, 3.63) is 76.4 Å². The van der Waals surface area contributed by atoms with Gasteiger partial charge in [0, 0.05) is 11.5 Å². The molecule has 2 aliphatic rings. The standard InChI is InChI=1S/C22H18N2O3/c1-26-22(25)15-7-4-6-14(11-15)19-17-10-9-13-5-2-3-8-16(13)20(17)27-21(24)18(19)12-23/h2-8,11,18-19,24H,9-10H2,1H3. The SMILES string of the molecule is COC(=O)c1cccc(C2C3=C(OC(=N)C2C#N)c2ccccc2CC3)c1. The van der Waals surface area contributed by atoms with Crippen molar-refractivity contribution in [3.63, 3.8) is 0 Å². The largest absolute Gasteiger partial charge is 0.465 e. The maximum atomic E-state index is 11.9. The average molecular weight is 358 g/mol. The second kappa shape index (κ2) is 6.73. The number of allylic oxidation sites excluding steroid dienone is 1. The van der Waals surface area contributed by atoms with Crippen LogP contribution in [0, 0.1) is 22.7 Å². The molecule has 0 saturated carbocycles. The summed E-state index contributed by atoms with van der Waals surface area (Å²) in [5.74, 6) is -0.829. The van der Waals surface area contributed by atoms with E-state index in [4.69, 9.17) is 14.9 Å². The quantitative estimate of drug-likeness (QED) is 0.821. The molecule has 2 unspecified atom stereocenters. The van der Waals surface area contributed by atoms with Gasteiger partial charge in [0.25, 0.3) is 0 Å². The molecular weight excluding hydrogens is 340 g/mol. The van der Waals surface area contributed by atoms with Crippen LogP contribution in [0.15, 0.2) is 54.1 Å². The lowest BCUT2D eigenvalue weighted by Crippen LogP contribution is -2.31. The smallest absolute Gasteiger partial charge is 0.337 e. The first-order valence-electron chi connectivity index (χ1n) is 8.79. The van der Waals surface area contributed by atoms with Gasteiger partial charge in [0.2, 0.25) is 5.90 Å². The molecule has 0 amide bonds. The molecule has 134 valence electrons. The third kappa shape index (κ3) is 2.80. The number of rotatable bonds is 2. The zero-order valence-electron chi connectivity index (χ0n) is 14.9. The Balaban J connectivity index is 1.88. The van der Waals surface area contributed by atoms with E-state index in [-0.39, 0.29) is 11.8 Å². The first-order valence-corrected chi connectivity index (χ1v) is 8.79.